The van der Waals surface area contributed by atoms with Crippen LogP contribution in [-0.2, 0) is 10.2 Å². The minimum atomic E-state index is -0.237. The molecule has 7 heteroatoms. The molecule has 0 fully saturated rings. The fourth-order valence-electron chi connectivity index (χ4n) is 2.64. The summed E-state index contributed by atoms with van der Waals surface area (Å²) in [4.78, 5) is 17.0. The first-order valence-corrected chi connectivity index (χ1v) is 9.28. The van der Waals surface area contributed by atoms with Crippen molar-refractivity contribution in [2.24, 2.45) is 0 Å². The number of anilines is 2. The lowest BCUT2D eigenvalue weighted by atomic mass is 9.85. The third-order valence-corrected chi connectivity index (χ3v) is 5.08. The lowest BCUT2D eigenvalue weighted by Gasteiger charge is -2.25. The zero-order valence-corrected chi connectivity index (χ0v) is 16.3. The topological polar surface area (TPSA) is 58.1 Å². The Labute approximate surface area is 162 Å². The molecular weight excluding hydrogens is 363 g/mol. The highest BCUT2D eigenvalue weighted by atomic mass is 32.1. The summed E-state index contributed by atoms with van der Waals surface area (Å²) in [5.74, 6) is 0.377. The van der Waals surface area contributed by atoms with Crippen molar-refractivity contribution in [3.05, 3.63) is 59.9 Å². The SMILES string of the molecule is CN(C=O)c1cccc(-c2nsc(NCC(C)(C)c3ccc(F)cc3)n2)c1. The first kappa shape index (κ1) is 19.0. The smallest absolute Gasteiger partial charge is 0.213 e. The van der Waals surface area contributed by atoms with Crippen molar-refractivity contribution < 1.29 is 9.18 Å². The number of aromatic nitrogens is 2. The van der Waals surface area contributed by atoms with Gasteiger partial charge in [-0.1, -0.05) is 38.1 Å². The van der Waals surface area contributed by atoms with E-state index < -0.39 is 0 Å². The largest absolute Gasteiger partial charge is 0.359 e. The number of nitrogens with zero attached hydrogens (tertiary/aromatic N) is 3. The molecule has 0 bridgehead atoms. The van der Waals surface area contributed by atoms with E-state index in [1.807, 2.05) is 24.3 Å². The zero-order chi connectivity index (χ0) is 19.4. The normalized spacial score (nSPS) is 11.3. The lowest BCUT2D eigenvalue weighted by Crippen LogP contribution is -2.27. The number of rotatable bonds is 7. The Morgan fingerprint density at radius 3 is 2.67 bits per heavy atom. The van der Waals surface area contributed by atoms with Crippen LogP contribution in [0.5, 0.6) is 0 Å². The molecule has 0 atom stereocenters. The number of hydrogen-bond acceptors (Lipinski definition) is 5. The maximum absolute atomic E-state index is 13.1. The number of hydrogen-bond donors (Lipinski definition) is 1. The van der Waals surface area contributed by atoms with Gasteiger partial charge in [-0.3, -0.25) is 4.79 Å². The summed E-state index contributed by atoms with van der Waals surface area (Å²) in [6.07, 6.45) is 0.762. The molecule has 27 heavy (non-hydrogen) atoms. The second-order valence-electron chi connectivity index (χ2n) is 6.93. The van der Waals surface area contributed by atoms with E-state index in [-0.39, 0.29) is 11.2 Å². The van der Waals surface area contributed by atoms with Crippen LogP contribution in [0.2, 0.25) is 0 Å². The standard InChI is InChI=1S/C20H21FN4OS/c1-20(2,15-7-9-16(21)10-8-15)12-22-19-23-18(24-27-19)14-5-4-6-17(11-14)25(3)13-26/h4-11,13H,12H2,1-3H3,(H,22,23,24). The van der Waals surface area contributed by atoms with E-state index in [0.29, 0.717) is 17.5 Å². The molecule has 0 spiro atoms. The highest BCUT2D eigenvalue weighted by molar-refractivity contribution is 7.09. The molecule has 2 aromatic carbocycles. The molecule has 1 aromatic heterocycles. The van der Waals surface area contributed by atoms with Gasteiger partial charge in [0.1, 0.15) is 5.82 Å². The number of carbonyl (C=O) groups excluding carboxylic acids is 1. The molecule has 0 radical (unpaired) electrons. The van der Waals surface area contributed by atoms with Crippen molar-refractivity contribution in [2.45, 2.75) is 19.3 Å². The molecule has 3 aromatic rings. The van der Waals surface area contributed by atoms with E-state index in [9.17, 15) is 9.18 Å². The first-order chi connectivity index (χ1) is 12.9. The summed E-state index contributed by atoms with van der Waals surface area (Å²) in [6, 6.07) is 14.1. The van der Waals surface area contributed by atoms with E-state index in [0.717, 1.165) is 23.2 Å². The second-order valence-corrected chi connectivity index (χ2v) is 7.69. The first-order valence-electron chi connectivity index (χ1n) is 8.51. The van der Waals surface area contributed by atoms with Crippen LogP contribution in [0, 0.1) is 5.82 Å². The Morgan fingerprint density at radius 2 is 1.96 bits per heavy atom. The van der Waals surface area contributed by atoms with Crippen LogP contribution in [0.4, 0.5) is 15.2 Å². The van der Waals surface area contributed by atoms with Gasteiger partial charge in [0.15, 0.2) is 5.82 Å². The van der Waals surface area contributed by atoms with Crippen LogP contribution >= 0.6 is 11.5 Å². The minimum absolute atomic E-state index is 0.188. The van der Waals surface area contributed by atoms with Crippen LogP contribution in [-0.4, -0.2) is 29.4 Å². The van der Waals surface area contributed by atoms with Gasteiger partial charge < -0.3 is 10.2 Å². The second kappa shape index (κ2) is 7.84. The molecule has 1 heterocycles. The van der Waals surface area contributed by atoms with Gasteiger partial charge in [-0.2, -0.15) is 9.36 Å². The van der Waals surface area contributed by atoms with Gasteiger partial charge in [-0.25, -0.2) is 4.39 Å². The van der Waals surface area contributed by atoms with Crippen LogP contribution < -0.4 is 10.2 Å². The molecule has 140 valence electrons. The molecule has 5 nitrogen and oxygen atoms in total. The van der Waals surface area contributed by atoms with E-state index >= 15 is 0 Å². The van der Waals surface area contributed by atoms with Crippen LogP contribution in [0.25, 0.3) is 11.4 Å². The average Bonchev–Trinajstić information content (AvgIpc) is 3.15. The Kier molecular flexibility index (Phi) is 5.51. The molecular formula is C20H21FN4OS. The number of benzene rings is 2. The quantitative estimate of drug-likeness (QED) is 0.616. The molecule has 0 aliphatic heterocycles. The van der Waals surface area contributed by atoms with E-state index in [2.05, 4.69) is 28.5 Å². The summed E-state index contributed by atoms with van der Waals surface area (Å²) < 4.78 is 17.5. The summed E-state index contributed by atoms with van der Waals surface area (Å²) in [5, 5.41) is 4.04. The highest BCUT2D eigenvalue weighted by Crippen LogP contribution is 2.27. The van der Waals surface area contributed by atoms with Crippen molar-refractivity contribution in [2.75, 3.05) is 23.8 Å². The predicted octanol–water partition coefficient (Wildman–Crippen LogP) is 4.33. The van der Waals surface area contributed by atoms with Gasteiger partial charge in [-0.05, 0) is 29.8 Å². The summed E-state index contributed by atoms with van der Waals surface area (Å²) >= 11 is 1.29. The van der Waals surface area contributed by atoms with Gasteiger partial charge in [0.05, 0.1) is 0 Å². The minimum Gasteiger partial charge on any atom is -0.359 e. The number of nitrogens with one attached hydrogen (secondary N) is 1. The van der Waals surface area contributed by atoms with Crippen molar-refractivity contribution in [1.82, 2.24) is 9.36 Å². The number of amides is 1. The molecule has 1 amide bonds. The third-order valence-electron chi connectivity index (χ3n) is 4.40. The predicted molar refractivity (Wildman–Crippen MR) is 108 cm³/mol. The fourth-order valence-corrected chi connectivity index (χ4v) is 3.22. The number of carbonyl (C=O) groups is 1. The summed E-state index contributed by atoms with van der Waals surface area (Å²) in [7, 11) is 1.70. The van der Waals surface area contributed by atoms with Gasteiger partial charge in [0.2, 0.25) is 11.5 Å². The monoisotopic (exact) mass is 384 g/mol. The molecule has 0 aliphatic rings. The Balaban J connectivity index is 1.71. The van der Waals surface area contributed by atoms with Gasteiger partial charge >= 0.3 is 0 Å². The van der Waals surface area contributed by atoms with E-state index in [1.165, 1.54) is 28.6 Å². The van der Waals surface area contributed by atoms with Crippen molar-refractivity contribution in [3.63, 3.8) is 0 Å². The molecule has 3 rings (SSSR count). The van der Waals surface area contributed by atoms with Crippen LogP contribution in [0.3, 0.4) is 0 Å². The lowest BCUT2D eigenvalue weighted by molar-refractivity contribution is -0.107. The van der Waals surface area contributed by atoms with Gasteiger partial charge in [0, 0.05) is 41.8 Å². The summed E-state index contributed by atoms with van der Waals surface area (Å²) in [6.45, 7) is 4.82. The van der Waals surface area contributed by atoms with Crippen LogP contribution in [0.1, 0.15) is 19.4 Å². The molecule has 0 saturated heterocycles. The van der Waals surface area contributed by atoms with Crippen LogP contribution in [0.15, 0.2) is 48.5 Å². The fraction of sp³-hybridized carbons (Fsp3) is 0.250. The summed E-state index contributed by atoms with van der Waals surface area (Å²) in [5.41, 5.74) is 2.49. The van der Waals surface area contributed by atoms with Crippen molar-refractivity contribution in [1.29, 1.82) is 0 Å². The van der Waals surface area contributed by atoms with Crippen molar-refractivity contribution >= 4 is 28.8 Å². The maximum atomic E-state index is 13.1. The Hall–Kier alpha value is -2.80. The third kappa shape index (κ3) is 4.49. The molecule has 0 unspecified atom stereocenters. The van der Waals surface area contributed by atoms with Gasteiger partial charge in [-0.15, -0.1) is 0 Å². The van der Waals surface area contributed by atoms with E-state index in [4.69, 9.17) is 0 Å². The molecule has 1 N–H and O–H groups in total. The van der Waals surface area contributed by atoms with Crippen molar-refractivity contribution in [3.8, 4) is 11.4 Å². The Bertz CT molecular complexity index is 924. The highest BCUT2D eigenvalue weighted by Gasteiger charge is 2.21. The maximum Gasteiger partial charge on any atom is 0.213 e. The number of halogens is 1. The molecule has 0 aliphatic carbocycles. The Morgan fingerprint density at radius 1 is 1.22 bits per heavy atom. The van der Waals surface area contributed by atoms with Gasteiger partial charge in [0.25, 0.3) is 0 Å². The zero-order valence-electron chi connectivity index (χ0n) is 15.4. The average molecular weight is 384 g/mol. The molecule has 0 saturated carbocycles. The van der Waals surface area contributed by atoms with E-state index in [1.54, 1.807) is 19.2 Å².